The Morgan fingerprint density at radius 1 is 0.737 bits per heavy atom. The van der Waals surface area contributed by atoms with Crippen LogP contribution >= 0.6 is 6.83 Å². The van der Waals surface area contributed by atoms with E-state index in [1.165, 1.54) is 10.6 Å². The molecule has 0 amide bonds. The minimum absolute atomic E-state index is 1.03. The van der Waals surface area contributed by atoms with Crippen molar-refractivity contribution in [2.75, 3.05) is 19.4 Å². The van der Waals surface area contributed by atoms with Gasteiger partial charge >= 0.3 is 116 Å². The summed E-state index contributed by atoms with van der Waals surface area (Å²) in [5.41, 5.74) is 0. The molecule has 0 N–H and O–H groups in total. The molecule has 2 heteroatoms. The first-order valence-corrected chi connectivity index (χ1v) is 9.43. The molecule has 0 unspecified atom stereocenters. The van der Waals surface area contributed by atoms with Crippen molar-refractivity contribution in [1.82, 2.24) is 0 Å². The molecule has 0 heterocycles. The van der Waals surface area contributed by atoms with E-state index in [1.807, 2.05) is 7.11 Å². The molecule has 0 bridgehead atoms. The maximum absolute atomic E-state index is 6.33. The third-order valence-electron chi connectivity index (χ3n) is 4.49. The van der Waals surface area contributed by atoms with Crippen LogP contribution in [0.3, 0.4) is 0 Å². The van der Waals surface area contributed by atoms with E-state index in [-0.39, 0.29) is 0 Å². The molecule has 0 aromatic heterocycles. The van der Waals surface area contributed by atoms with E-state index in [0.29, 0.717) is 0 Å². The number of benzene rings is 2. The van der Waals surface area contributed by atoms with Gasteiger partial charge in [0.05, 0.1) is 0 Å². The van der Waals surface area contributed by atoms with Gasteiger partial charge < -0.3 is 0 Å². The van der Waals surface area contributed by atoms with Gasteiger partial charge in [-0.1, -0.05) is 0 Å². The van der Waals surface area contributed by atoms with Gasteiger partial charge in [0.25, 0.3) is 0 Å². The van der Waals surface area contributed by atoms with Gasteiger partial charge in [0.15, 0.2) is 0 Å². The zero-order chi connectivity index (χ0) is 13.8. The first-order valence-electron chi connectivity index (χ1n) is 6.91. The van der Waals surface area contributed by atoms with Crippen LogP contribution < -0.4 is 10.6 Å². The monoisotopic (exact) mass is 274 g/mol. The number of hydrogen-bond acceptors (Lipinski definition) is 1. The van der Waals surface area contributed by atoms with Crippen molar-refractivity contribution in [2.24, 2.45) is 0 Å². The molecule has 2 aromatic carbocycles. The second kappa shape index (κ2) is 5.45. The minimum atomic E-state index is -2.51. The van der Waals surface area contributed by atoms with Gasteiger partial charge in [-0.3, -0.25) is 0 Å². The van der Waals surface area contributed by atoms with Crippen molar-refractivity contribution >= 4 is 17.4 Å². The molecule has 0 saturated carbocycles. The summed E-state index contributed by atoms with van der Waals surface area (Å²) in [6, 6.07) is 21.5. The molecule has 0 spiro atoms. The van der Waals surface area contributed by atoms with Crippen LogP contribution in [0.5, 0.6) is 0 Å². The molecule has 2 rings (SSSR count). The molecule has 0 aliphatic rings. The quantitative estimate of drug-likeness (QED) is 0.754. The van der Waals surface area contributed by atoms with Crippen LogP contribution in [-0.2, 0) is 4.52 Å². The molecule has 0 atom stereocenters. The van der Waals surface area contributed by atoms with Crippen molar-refractivity contribution < 1.29 is 4.52 Å². The Hall–Kier alpha value is -1.17. The summed E-state index contributed by atoms with van der Waals surface area (Å²) in [7, 11) is 1.88. The molecule has 0 saturated heterocycles. The Bertz CT molecular complexity index is 463. The molecule has 19 heavy (non-hydrogen) atoms. The Morgan fingerprint density at radius 2 is 1.11 bits per heavy atom. The average molecular weight is 274 g/mol. The maximum atomic E-state index is 6.33. The van der Waals surface area contributed by atoms with Gasteiger partial charge in [-0.05, 0) is 0 Å². The first kappa shape index (κ1) is 14.2. The van der Waals surface area contributed by atoms with Gasteiger partial charge in [-0.2, -0.15) is 0 Å². The zero-order valence-corrected chi connectivity index (χ0v) is 12.9. The molecular weight excluding hydrogens is 251 g/mol. The fourth-order valence-corrected chi connectivity index (χ4v) is 7.99. The predicted molar refractivity (Wildman–Crippen MR) is 87.2 cm³/mol. The Balaban J connectivity index is 2.77. The molecule has 0 aliphatic carbocycles. The van der Waals surface area contributed by atoms with Crippen LogP contribution in [0.25, 0.3) is 0 Å². The van der Waals surface area contributed by atoms with Crippen LogP contribution in [0.4, 0.5) is 0 Å². The Kier molecular flexibility index (Phi) is 4.08. The number of hydrogen-bond donors (Lipinski definition) is 0. The summed E-state index contributed by atoms with van der Waals surface area (Å²) in [4.78, 5) is 0. The van der Waals surface area contributed by atoms with Gasteiger partial charge in [-0.15, -0.1) is 0 Å². The molecular formula is C17H23OP. The summed E-state index contributed by atoms with van der Waals surface area (Å²) in [6.45, 7) is 2.00. The van der Waals surface area contributed by atoms with E-state index in [0.717, 1.165) is 12.3 Å². The van der Waals surface area contributed by atoms with Crippen molar-refractivity contribution in [2.45, 2.75) is 13.8 Å². The normalized spacial score (nSPS) is 13.7. The fourth-order valence-electron chi connectivity index (χ4n) is 3.12. The molecule has 1 nitrogen and oxygen atoms in total. The second-order valence-electron chi connectivity index (χ2n) is 4.89. The van der Waals surface area contributed by atoms with Crippen molar-refractivity contribution in [3.63, 3.8) is 0 Å². The van der Waals surface area contributed by atoms with E-state index in [1.54, 1.807) is 0 Å². The van der Waals surface area contributed by atoms with Crippen LogP contribution in [0, 0.1) is 0 Å². The van der Waals surface area contributed by atoms with Crippen molar-refractivity contribution in [1.29, 1.82) is 0 Å². The van der Waals surface area contributed by atoms with E-state index >= 15 is 0 Å². The van der Waals surface area contributed by atoms with E-state index < -0.39 is 6.83 Å². The van der Waals surface area contributed by atoms with Crippen molar-refractivity contribution in [3.05, 3.63) is 60.7 Å². The second-order valence-corrected chi connectivity index (χ2v) is 10.4. The summed E-state index contributed by atoms with van der Waals surface area (Å²) >= 11 is 0. The van der Waals surface area contributed by atoms with Gasteiger partial charge in [0.2, 0.25) is 0 Å². The molecule has 0 radical (unpaired) electrons. The first-order chi connectivity index (χ1) is 9.22. The Labute approximate surface area is 116 Å². The molecule has 0 aliphatic heterocycles. The third-order valence-corrected chi connectivity index (χ3v) is 11.0. The SMILES string of the molecule is CCP(CC)(OC)(c1ccccc1)c1ccccc1. The molecule has 0 fully saturated rings. The zero-order valence-electron chi connectivity index (χ0n) is 12.0. The van der Waals surface area contributed by atoms with Crippen LogP contribution in [-0.4, -0.2) is 19.4 Å². The predicted octanol–water partition coefficient (Wildman–Crippen LogP) is 3.79. The van der Waals surface area contributed by atoms with Crippen LogP contribution in [0.15, 0.2) is 60.7 Å². The average Bonchev–Trinajstić information content (AvgIpc) is 2.53. The van der Waals surface area contributed by atoms with Gasteiger partial charge in [0.1, 0.15) is 0 Å². The Morgan fingerprint density at radius 3 is 1.37 bits per heavy atom. The summed E-state index contributed by atoms with van der Waals surface area (Å²) in [6.07, 6.45) is 2.07. The van der Waals surface area contributed by atoms with E-state index in [4.69, 9.17) is 4.52 Å². The van der Waals surface area contributed by atoms with Gasteiger partial charge in [-0.25, -0.2) is 0 Å². The van der Waals surface area contributed by atoms with Crippen LogP contribution in [0.2, 0.25) is 0 Å². The fraction of sp³-hybridized carbons (Fsp3) is 0.294. The van der Waals surface area contributed by atoms with Gasteiger partial charge in [0, 0.05) is 0 Å². The number of rotatable bonds is 5. The third kappa shape index (κ3) is 2.02. The summed E-state index contributed by atoms with van der Waals surface area (Å²) in [5, 5.41) is 2.71. The summed E-state index contributed by atoms with van der Waals surface area (Å²) < 4.78 is 6.33. The van der Waals surface area contributed by atoms with E-state index in [2.05, 4.69) is 74.5 Å². The van der Waals surface area contributed by atoms with E-state index in [9.17, 15) is 0 Å². The van der Waals surface area contributed by atoms with Crippen molar-refractivity contribution in [3.8, 4) is 0 Å². The summed E-state index contributed by atoms with van der Waals surface area (Å²) in [5.74, 6) is 0. The topological polar surface area (TPSA) is 9.23 Å². The molecule has 102 valence electrons. The molecule has 2 aromatic rings. The van der Waals surface area contributed by atoms with Crippen LogP contribution in [0.1, 0.15) is 13.8 Å². The standard InChI is InChI=1S/C17H23OP/c1-4-19(5-2,18-3,16-12-8-6-9-13-16)17-14-10-7-11-15-17/h6-15H,4-5H2,1-3H3.